The number of amides is 1. The topological polar surface area (TPSA) is 136 Å². The van der Waals surface area contributed by atoms with E-state index in [0.29, 0.717) is 37.7 Å². The fraction of sp³-hybridized carbons (Fsp3) is 0.486. The molecule has 3 aromatic rings. The van der Waals surface area contributed by atoms with Gasteiger partial charge in [-0.2, -0.15) is 0 Å². The highest BCUT2D eigenvalue weighted by Gasteiger charge is 2.31. The predicted molar refractivity (Wildman–Crippen MR) is 190 cm³/mol. The quantitative estimate of drug-likeness (QED) is 0.291. The lowest BCUT2D eigenvalue weighted by Gasteiger charge is -2.36. The van der Waals surface area contributed by atoms with Crippen molar-refractivity contribution in [2.24, 2.45) is 5.92 Å². The highest BCUT2D eigenvalue weighted by molar-refractivity contribution is 7.92. The van der Waals surface area contributed by atoms with Crippen LogP contribution >= 0.6 is 0 Å². The number of hydrogen-bond donors (Lipinski definition) is 2. The molecule has 0 aliphatic carbocycles. The number of rotatable bonds is 10. The molecule has 0 radical (unpaired) electrons. The molecule has 0 saturated carbocycles. The van der Waals surface area contributed by atoms with Crippen LogP contribution < -0.4 is 23.7 Å². The third kappa shape index (κ3) is 9.39. The molecule has 3 aromatic carbocycles. The van der Waals surface area contributed by atoms with Crippen LogP contribution in [0.2, 0.25) is 0 Å². The Hall–Kier alpha value is -4.04. The predicted octanol–water partition coefficient (Wildman–Crippen LogP) is 5.15. The number of fused-ring (bicyclic) bond motifs is 2. The number of anilines is 1. The summed E-state index contributed by atoms with van der Waals surface area (Å²) < 4.78 is 58.2. The van der Waals surface area contributed by atoms with Crippen LogP contribution in [-0.4, -0.2) is 94.7 Å². The molecule has 5 rings (SSSR count). The van der Waals surface area contributed by atoms with Crippen molar-refractivity contribution in [2.45, 2.75) is 69.7 Å². The first-order valence-electron chi connectivity index (χ1n) is 17.1. The van der Waals surface area contributed by atoms with E-state index in [9.17, 15) is 18.3 Å². The first kappa shape index (κ1) is 37.2. The standard InChI is InChI=1S/C37H49N3O9S/c1-25-20-40(26(2)23-41)37(42)32-19-29(38-50(43,44)31-13-11-30(45-5)12-14-31)10-16-33(32)49-27(3)8-6-7-17-46-36(25)22-39(4)21-28-9-15-34-35(18-28)48-24-47-34/h9-16,18-19,25-27,36,38,41H,6-8,17,20-24H2,1-5H3/t25-,26+,27+,36+/m1/s1. The molecular weight excluding hydrogens is 662 g/mol. The minimum atomic E-state index is -3.98. The highest BCUT2D eigenvalue weighted by Crippen LogP contribution is 2.33. The number of ether oxygens (including phenoxy) is 5. The minimum absolute atomic E-state index is 0.0495. The largest absolute Gasteiger partial charge is 0.497 e. The van der Waals surface area contributed by atoms with Crippen LogP contribution in [-0.2, 0) is 21.3 Å². The van der Waals surface area contributed by atoms with Crippen LogP contribution in [0.25, 0.3) is 0 Å². The molecule has 2 heterocycles. The van der Waals surface area contributed by atoms with Crippen molar-refractivity contribution in [3.05, 3.63) is 71.8 Å². The van der Waals surface area contributed by atoms with E-state index in [2.05, 4.69) is 9.62 Å². The molecule has 0 spiro atoms. The van der Waals surface area contributed by atoms with Crippen LogP contribution in [0.4, 0.5) is 5.69 Å². The molecule has 2 aliphatic rings. The third-order valence-corrected chi connectivity index (χ3v) is 10.5. The van der Waals surface area contributed by atoms with E-state index in [0.717, 1.165) is 36.3 Å². The number of nitrogens with zero attached hydrogens (tertiary/aromatic N) is 2. The summed E-state index contributed by atoms with van der Waals surface area (Å²) in [5.41, 5.74) is 1.50. The van der Waals surface area contributed by atoms with Crippen molar-refractivity contribution < 1.29 is 42.0 Å². The van der Waals surface area contributed by atoms with Crippen LogP contribution in [0, 0.1) is 5.92 Å². The Bertz CT molecular complexity index is 1700. The Balaban J connectivity index is 1.40. The van der Waals surface area contributed by atoms with Crippen molar-refractivity contribution in [3.63, 3.8) is 0 Å². The second-order valence-corrected chi connectivity index (χ2v) is 14.9. The molecule has 4 atom stereocenters. The molecule has 0 bridgehead atoms. The van der Waals surface area contributed by atoms with Crippen LogP contribution in [0.3, 0.4) is 0 Å². The van der Waals surface area contributed by atoms with Gasteiger partial charge in [0.05, 0.1) is 42.4 Å². The van der Waals surface area contributed by atoms with Gasteiger partial charge in [-0.1, -0.05) is 13.0 Å². The monoisotopic (exact) mass is 711 g/mol. The summed E-state index contributed by atoms with van der Waals surface area (Å²) in [6, 6.07) is 16.2. The second kappa shape index (κ2) is 16.8. The Morgan fingerprint density at radius 2 is 1.76 bits per heavy atom. The lowest BCUT2D eigenvalue weighted by atomic mass is 10.0. The van der Waals surface area contributed by atoms with Gasteiger partial charge in [0.2, 0.25) is 6.79 Å². The van der Waals surface area contributed by atoms with Gasteiger partial charge in [0.1, 0.15) is 11.5 Å². The first-order chi connectivity index (χ1) is 24.0. The number of hydrogen-bond acceptors (Lipinski definition) is 10. The minimum Gasteiger partial charge on any atom is -0.497 e. The van der Waals surface area contributed by atoms with Crippen LogP contribution in [0.15, 0.2) is 65.6 Å². The maximum absolute atomic E-state index is 14.5. The number of carbonyl (C=O) groups excluding carboxylic acids is 1. The van der Waals surface area contributed by atoms with Crippen molar-refractivity contribution in [2.75, 3.05) is 52.0 Å². The van der Waals surface area contributed by atoms with Gasteiger partial charge in [0, 0.05) is 37.8 Å². The Kier molecular flexibility index (Phi) is 12.5. The van der Waals surface area contributed by atoms with Crippen molar-refractivity contribution in [3.8, 4) is 23.0 Å². The first-order valence-corrected chi connectivity index (χ1v) is 18.5. The van der Waals surface area contributed by atoms with Crippen molar-refractivity contribution in [1.29, 1.82) is 0 Å². The molecule has 2 aliphatic heterocycles. The molecule has 50 heavy (non-hydrogen) atoms. The SMILES string of the molecule is COc1ccc(S(=O)(=O)Nc2ccc3c(c2)C(=O)N([C@@H](C)CO)C[C@@H](C)[C@H](CN(C)Cc2ccc4c(c2)OCO4)OCCCC[C@H](C)O3)cc1. The molecule has 0 fully saturated rings. The number of methoxy groups -OCH3 is 1. The maximum Gasteiger partial charge on any atom is 0.261 e. The van der Waals surface area contributed by atoms with E-state index in [4.69, 9.17) is 23.7 Å². The summed E-state index contributed by atoms with van der Waals surface area (Å²) in [6.45, 7) is 7.88. The Morgan fingerprint density at radius 1 is 1.02 bits per heavy atom. The highest BCUT2D eigenvalue weighted by atomic mass is 32.2. The maximum atomic E-state index is 14.5. The van der Waals surface area contributed by atoms with Gasteiger partial charge in [0.25, 0.3) is 15.9 Å². The normalized spacial score (nSPS) is 20.8. The van der Waals surface area contributed by atoms with Crippen LogP contribution in [0.1, 0.15) is 56.0 Å². The van der Waals surface area contributed by atoms with Crippen molar-refractivity contribution >= 4 is 21.6 Å². The average molecular weight is 712 g/mol. The molecule has 12 nitrogen and oxygen atoms in total. The number of benzene rings is 3. The van der Waals surface area contributed by atoms with E-state index in [1.54, 1.807) is 36.1 Å². The Labute approximate surface area is 295 Å². The van der Waals surface area contributed by atoms with E-state index in [1.807, 2.05) is 39.1 Å². The van der Waals surface area contributed by atoms with Gasteiger partial charge < -0.3 is 33.7 Å². The summed E-state index contributed by atoms with van der Waals surface area (Å²) in [6.07, 6.45) is 2.03. The molecular formula is C37H49N3O9S. The van der Waals surface area contributed by atoms with Gasteiger partial charge in [0.15, 0.2) is 11.5 Å². The van der Waals surface area contributed by atoms with Gasteiger partial charge in [-0.05, 0) is 100 Å². The zero-order chi connectivity index (χ0) is 35.8. The van der Waals surface area contributed by atoms with E-state index in [-0.39, 0.29) is 53.6 Å². The smallest absolute Gasteiger partial charge is 0.261 e. The summed E-state index contributed by atoms with van der Waals surface area (Å²) in [7, 11) is -0.432. The second-order valence-electron chi connectivity index (χ2n) is 13.2. The number of nitrogens with one attached hydrogen (secondary N) is 1. The van der Waals surface area contributed by atoms with Crippen molar-refractivity contribution in [1.82, 2.24) is 9.80 Å². The zero-order valence-electron chi connectivity index (χ0n) is 29.5. The molecule has 272 valence electrons. The van der Waals surface area contributed by atoms with Gasteiger partial charge >= 0.3 is 0 Å². The summed E-state index contributed by atoms with van der Waals surface area (Å²) in [4.78, 5) is 18.3. The number of likely N-dealkylation sites (N-methyl/N-ethyl adjacent to an activating group) is 1. The van der Waals surface area contributed by atoms with E-state index in [1.165, 1.54) is 25.3 Å². The summed E-state index contributed by atoms with van der Waals surface area (Å²) in [5, 5.41) is 10.3. The van der Waals surface area contributed by atoms with Gasteiger partial charge in [-0.3, -0.25) is 14.4 Å². The molecule has 1 amide bonds. The average Bonchev–Trinajstić information content (AvgIpc) is 3.57. The van der Waals surface area contributed by atoms with Crippen LogP contribution in [0.5, 0.6) is 23.0 Å². The lowest BCUT2D eigenvalue weighted by Crippen LogP contribution is -2.47. The number of aliphatic hydroxyl groups is 1. The van der Waals surface area contributed by atoms with E-state index >= 15 is 0 Å². The zero-order valence-corrected chi connectivity index (χ0v) is 30.3. The molecule has 13 heteroatoms. The fourth-order valence-corrected chi connectivity index (χ4v) is 7.19. The Morgan fingerprint density at radius 3 is 2.50 bits per heavy atom. The molecule has 0 unspecified atom stereocenters. The summed E-state index contributed by atoms with van der Waals surface area (Å²) >= 11 is 0. The van der Waals surface area contributed by atoms with Gasteiger partial charge in [-0.15, -0.1) is 0 Å². The lowest BCUT2D eigenvalue weighted by molar-refractivity contribution is -0.0177. The number of sulfonamides is 1. The summed E-state index contributed by atoms with van der Waals surface area (Å²) in [5.74, 6) is 1.87. The van der Waals surface area contributed by atoms with E-state index < -0.39 is 16.1 Å². The molecule has 0 aromatic heterocycles. The third-order valence-electron chi connectivity index (χ3n) is 9.05. The molecule has 0 saturated heterocycles. The molecule has 2 N–H and O–H groups in total. The fourth-order valence-electron chi connectivity index (χ4n) is 6.14. The van der Waals surface area contributed by atoms with Gasteiger partial charge in [-0.25, -0.2) is 8.42 Å². The number of carbonyl (C=O) groups is 1. The number of aliphatic hydroxyl groups excluding tert-OH is 1.